The molecule has 0 radical (unpaired) electrons. The van der Waals surface area contributed by atoms with Crippen LogP contribution >= 0.6 is 0 Å². The summed E-state index contributed by atoms with van der Waals surface area (Å²) in [5.74, 6) is 5.17. The number of amides is 2. The molecule has 0 fully saturated rings. The monoisotopic (exact) mass is 245 g/mol. The van der Waals surface area contributed by atoms with Gasteiger partial charge < -0.3 is 10.5 Å². The third-order valence-corrected chi connectivity index (χ3v) is 2.06. The molecule has 0 aliphatic heterocycles. The number of primary amides is 1. The molecule has 0 aromatic carbocycles. The molecule has 4 N–H and O–H groups in total. The molecule has 0 aliphatic carbocycles. The second-order valence-electron chi connectivity index (χ2n) is 5.00. The second kappa shape index (κ2) is 6.44. The van der Waals surface area contributed by atoms with Gasteiger partial charge >= 0.3 is 6.09 Å². The predicted octanol–water partition coefficient (Wildman–Crippen LogP) is 1.14. The van der Waals surface area contributed by atoms with Gasteiger partial charge in [-0.2, -0.15) is 0 Å². The minimum absolute atomic E-state index is 0.0452. The van der Waals surface area contributed by atoms with Crippen LogP contribution in [0.15, 0.2) is 0 Å². The maximum absolute atomic E-state index is 11.7. The van der Waals surface area contributed by atoms with E-state index >= 15 is 0 Å². The summed E-state index contributed by atoms with van der Waals surface area (Å²) in [5.41, 5.74) is 4.50. The molecule has 2 amide bonds. The molecule has 0 aliphatic rings. The first kappa shape index (κ1) is 15.7. The number of rotatable bonds is 5. The summed E-state index contributed by atoms with van der Waals surface area (Å²) in [5, 5.41) is 0.958. The van der Waals surface area contributed by atoms with Crippen molar-refractivity contribution in [2.45, 2.75) is 58.6 Å². The lowest BCUT2D eigenvalue weighted by molar-refractivity contribution is -0.119. The highest BCUT2D eigenvalue weighted by atomic mass is 16.6. The molecule has 0 rings (SSSR count). The molecule has 0 heterocycles. The fraction of sp³-hybridized carbons (Fsp3) is 0.818. The Balaban J connectivity index is 4.54. The average molecular weight is 245 g/mol. The van der Waals surface area contributed by atoms with Crippen molar-refractivity contribution in [2.24, 2.45) is 11.6 Å². The van der Waals surface area contributed by atoms with Gasteiger partial charge in [-0.25, -0.2) is 15.6 Å². The van der Waals surface area contributed by atoms with E-state index in [-0.39, 0.29) is 6.42 Å². The third-order valence-electron chi connectivity index (χ3n) is 2.06. The standard InChI is InChI=1S/C11H23N3O3/c1-5-6-8(7-9(12)15)14(13)10(16)17-11(2,3)4/h8H,5-7,13H2,1-4H3,(H2,12,15)/t8-/m0/s1. The SMILES string of the molecule is CCC[C@@H](CC(N)=O)N(N)C(=O)OC(C)(C)C. The van der Waals surface area contributed by atoms with Gasteiger partial charge in [-0.1, -0.05) is 13.3 Å². The topological polar surface area (TPSA) is 98.7 Å². The van der Waals surface area contributed by atoms with Crippen molar-refractivity contribution in [1.82, 2.24) is 5.01 Å². The largest absolute Gasteiger partial charge is 0.443 e. The predicted molar refractivity (Wildman–Crippen MR) is 64.8 cm³/mol. The number of nitrogens with two attached hydrogens (primary N) is 2. The smallest absolute Gasteiger partial charge is 0.424 e. The molecule has 6 heteroatoms. The minimum atomic E-state index is -0.641. The lowest BCUT2D eigenvalue weighted by Gasteiger charge is -2.29. The molecule has 1 atom stereocenters. The van der Waals surface area contributed by atoms with E-state index in [0.717, 1.165) is 11.4 Å². The lowest BCUT2D eigenvalue weighted by atomic mass is 10.1. The highest BCUT2D eigenvalue weighted by Gasteiger charge is 2.26. The number of hydrogen-bond acceptors (Lipinski definition) is 4. The van der Waals surface area contributed by atoms with Gasteiger partial charge in [-0.15, -0.1) is 0 Å². The fourth-order valence-electron chi connectivity index (χ4n) is 1.37. The van der Waals surface area contributed by atoms with Gasteiger partial charge in [0.2, 0.25) is 5.91 Å². The van der Waals surface area contributed by atoms with Crippen LogP contribution in [0.5, 0.6) is 0 Å². The number of carbonyl (C=O) groups excluding carboxylic acids is 2. The zero-order chi connectivity index (χ0) is 13.6. The van der Waals surface area contributed by atoms with Crippen LogP contribution in [0, 0.1) is 0 Å². The first-order valence-corrected chi connectivity index (χ1v) is 5.72. The van der Waals surface area contributed by atoms with Crippen molar-refractivity contribution in [3.05, 3.63) is 0 Å². The number of nitrogens with zero attached hydrogens (tertiary/aromatic N) is 1. The molecule has 0 saturated carbocycles. The Morgan fingerprint density at radius 1 is 1.35 bits per heavy atom. The van der Waals surface area contributed by atoms with Gasteiger partial charge in [-0.3, -0.25) is 4.79 Å². The lowest BCUT2D eigenvalue weighted by Crippen LogP contribution is -2.49. The minimum Gasteiger partial charge on any atom is -0.443 e. The fourth-order valence-corrected chi connectivity index (χ4v) is 1.37. The van der Waals surface area contributed by atoms with E-state index in [1.165, 1.54) is 0 Å². The molecule has 0 bridgehead atoms. The molecule has 0 spiro atoms. The Kier molecular flexibility index (Phi) is 5.95. The molecule has 0 aromatic heterocycles. The van der Waals surface area contributed by atoms with E-state index in [4.69, 9.17) is 16.3 Å². The molecule has 6 nitrogen and oxygen atoms in total. The number of carbonyl (C=O) groups is 2. The summed E-state index contributed by atoms with van der Waals surface area (Å²) in [4.78, 5) is 22.6. The number of hydrogen-bond donors (Lipinski definition) is 2. The van der Waals surface area contributed by atoms with Gasteiger partial charge in [0, 0.05) is 6.42 Å². The van der Waals surface area contributed by atoms with Crippen molar-refractivity contribution in [3.8, 4) is 0 Å². The zero-order valence-corrected chi connectivity index (χ0v) is 11.0. The van der Waals surface area contributed by atoms with Crippen molar-refractivity contribution < 1.29 is 14.3 Å². The Morgan fingerprint density at radius 3 is 2.24 bits per heavy atom. The normalized spacial score (nSPS) is 13.0. The highest BCUT2D eigenvalue weighted by Crippen LogP contribution is 2.13. The first-order chi connectivity index (χ1) is 7.67. The molecular weight excluding hydrogens is 222 g/mol. The zero-order valence-electron chi connectivity index (χ0n) is 11.0. The molecule has 0 aromatic rings. The Labute approximate surface area is 102 Å². The third kappa shape index (κ3) is 6.78. The van der Waals surface area contributed by atoms with Crippen molar-refractivity contribution in [1.29, 1.82) is 0 Å². The van der Waals surface area contributed by atoms with E-state index in [1.807, 2.05) is 6.92 Å². The summed E-state index contributed by atoms with van der Waals surface area (Å²) >= 11 is 0. The quantitative estimate of drug-likeness (QED) is 0.431. The number of hydrazine groups is 1. The average Bonchev–Trinajstić information content (AvgIpc) is 2.12. The van der Waals surface area contributed by atoms with E-state index < -0.39 is 23.6 Å². The summed E-state index contributed by atoms with van der Waals surface area (Å²) in [6.45, 7) is 7.20. The van der Waals surface area contributed by atoms with Crippen molar-refractivity contribution >= 4 is 12.0 Å². The summed E-state index contributed by atoms with van der Waals surface area (Å²) in [7, 11) is 0. The summed E-state index contributed by atoms with van der Waals surface area (Å²) < 4.78 is 5.12. The van der Waals surface area contributed by atoms with Crippen LogP contribution in [0.4, 0.5) is 4.79 Å². The Bertz CT molecular complexity index is 274. The van der Waals surface area contributed by atoms with E-state index in [0.29, 0.717) is 6.42 Å². The van der Waals surface area contributed by atoms with Gasteiger partial charge in [0.15, 0.2) is 0 Å². The van der Waals surface area contributed by atoms with Crippen molar-refractivity contribution in [2.75, 3.05) is 0 Å². The van der Waals surface area contributed by atoms with Gasteiger partial charge in [0.1, 0.15) is 5.60 Å². The maximum atomic E-state index is 11.7. The molecule has 0 saturated heterocycles. The second-order valence-corrected chi connectivity index (χ2v) is 5.00. The van der Waals surface area contributed by atoms with E-state index in [1.54, 1.807) is 20.8 Å². The van der Waals surface area contributed by atoms with E-state index in [2.05, 4.69) is 0 Å². The van der Waals surface area contributed by atoms with Gasteiger partial charge in [-0.05, 0) is 27.2 Å². The first-order valence-electron chi connectivity index (χ1n) is 5.72. The molecule has 17 heavy (non-hydrogen) atoms. The van der Waals surface area contributed by atoms with Crippen LogP contribution < -0.4 is 11.6 Å². The summed E-state index contributed by atoms with van der Waals surface area (Å²) in [6.07, 6.45) is 0.814. The van der Waals surface area contributed by atoms with Crippen LogP contribution in [0.2, 0.25) is 0 Å². The van der Waals surface area contributed by atoms with Gasteiger partial charge in [0.25, 0.3) is 0 Å². The van der Waals surface area contributed by atoms with Crippen molar-refractivity contribution in [3.63, 3.8) is 0 Å². The molecule has 0 unspecified atom stereocenters. The summed E-state index contributed by atoms with van der Waals surface area (Å²) in [6, 6.07) is -0.410. The van der Waals surface area contributed by atoms with Crippen LogP contribution in [-0.2, 0) is 9.53 Å². The van der Waals surface area contributed by atoms with Crippen LogP contribution in [0.1, 0.15) is 47.0 Å². The highest BCUT2D eigenvalue weighted by molar-refractivity contribution is 5.75. The van der Waals surface area contributed by atoms with Gasteiger partial charge in [0.05, 0.1) is 6.04 Å². The van der Waals surface area contributed by atoms with Crippen LogP contribution in [0.3, 0.4) is 0 Å². The molecule has 100 valence electrons. The number of ether oxygens (including phenoxy) is 1. The Hall–Kier alpha value is -1.30. The van der Waals surface area contributed by atoms with E-state index in [9.17, 15) is 9.59 Å². The van der Waals surface area contributed by atoms with Crippen LogP contribution in [-0.4, -0.2) is 28.7 Å². The van der Waals surface area contributed by atoms with Crippen LogP contribution in [0.25, 0.3) is 0 Å². The Morgan fingerprint density at radius 2 is 1.88 bits per heavy atom. The maximum Gasteiger partial charge on any atom is 0.424 e. The molecular formula is C11H23N3O3.